The minimum absolute atomic E-state index is 0.0260. The van der Waals surface area contributed by atoms with E-state index >= 15 is 0 Å². The Morgan fingerprint density at radius 2 is 2.21 bits per heavy atom. The van der Waals surface area contributed by atoms with Crippen LogP contribution in [0.3, 0.4) is 0 Å². The molecule has 0 aliphatic heterocycles. The van der Waals surface area contributed by atoms with Crippen LogP contribution in [-0.4, -0.2) is 24.4 Å². The molecule has 2 nitrogen and oxygen atoms in total. The fourth-order valence-electron chi connectivity index (χ4n) is 1.01. The average molecular weight is 277 g/mol. The molecule has 1 amide bonds. The summed E-state index contributed by atoms with van der Waals surface area (Å²) in [6, 6.07) is 5.19. The van der Waals surface area contributed by atoms with Gasteiger partial charge >= 0.3 is 0 Å². The lowest BCUT2D eigenvalue weighted by molar-refractivity contribution is 0.0801. The van der Waals surface area contributed by atoms with E-state index in [2.05, 4.69) is 15.9 Å². The Kier molecular flexibility index (Phi) is 3.96. The van der Waals surface area contributed by atoms with E-state index < -0.39 is 0 Å². The number of carbonyl (C=O) groups excluding carboxylic acids is 1. The molecule has 0 heterocycles. The van der Waals surface area contributed by atoms with Gasteiger partial charge in [-0.15, -0.1) is 0 Å². The summed E-state index contributed by atoms with van der Waals surface area (Å²) < 4.78 is 0.771. The Bertz CT molecular complexity index is 354. The van der Waals surface area contributed by atoms with Gasteiger partial charge in [-0.1, -0.05) is 11.6 Å². The third-order valence-electron chi connectivity index (χ3n) is 1.98. The minimum atomic E-state index is -0.0260. The van der Waals surface area contributed by atoms with Gasteiger partial charge in [0.05, 0.1) is 5.56 Å². The number of hydrogen-bond acceptors (Lipinski definition) is 1. The van der Waals surface area contributed by atoms with Crippen molar-refractivity contribution in [3.05, 3.63) is 33.3 Å². The third kappa shape index (κ3) is 2.49. The quantitative estimate of drug-likeness (QED) is 0.812. The topological polar surface area (TPSA) is 20.3 Å². The summed E-state index contributed by atoms with van der Waals surface area (Å²) in [6.45, 7) is 2.61. The van der Waals surface area contributed by atoms with Crippen LogP contribution in [0.1, 0.15) is 17.3 Å². The Hall–Kier alpha value is -0.540. The maximum absolute atomic E-state index is 11.8. The first-order valence-corrected chi connectivity index (χ1v) is 5.44. The maximum Gasteiger partial charge on any atom is 0.254 e. The average Bonchev–Trinajstić information content (AvgIpc) is 2.19. The zero-order valence-corrected chi connectivity index (χ0v) is 10.4. The lowest BCUT2D eigenvalue weighted by Crippen LogP contribution is -2.26. The fraction of sp³-hybridized carbons (Fsp3) is 0.300. The molecule has 1 rings (SSSR count). The SMILES string of the molecule is CCN(C)C(=O)c1cc(Cl)ccc1Br. The molecule has 0 spiro atoms. The van der Waals surface area contributed by atoms with E-state index in [-0.39, 0.29) is 5.91 Å². The highest BCUT2D eigenvalue weighted by molar-refractivity contribution is 9.10. The van der Waals surface area contributed by atoms with Crippen LogP contribution >= 0.6 is 27.5 Å². The molecule has 0 aliphatic carbocycles. The molecule has 0 radical (unpaired) electrons. The Balaban J connectivity index is 3.06. The number of carbonyl (C=O) groups is 1. The first-order chi connectivity index (χ1) is 6.56. The number of rotatable bonds is 2. The monoisotopic (exact) mass is 275 g/mol. The maximum atomic E-state index is 11.8. The van der Waals surface area contributed by atoms with Crippen molar-refractivity contribution >= 4 is 33.4 Å². The molecule has 14 heavy (non-hydrogen) atoms. The molecule has 0 saturated carbocycles. The van der Waals surface area contributed by atoms with Crippen molar-refractivity contribution in [3.8, 4) is 0 Å². The zero-order chi connectivity index (χ0) is 10.7. The van der Waals surface area contributed by atoms with Crippen molar-refractivity contribution in [2.75, 3.05) is 13.6 Å². The summed E-state index contributed by atoms with van der Waals surface area (Å²) in [5.74, 6) is -0.0260. The first kappa shape index (κ1) is 11.5. The van der Waals surface area contributed by atoms with Crippen molar-refractivity contribution in [2.45, 2.75) is 6.92 Å². The molecular weight excluding hydrogens is 265 g/mol. The van der Waals surface area contributed by atoms with Gasteiger partial charge in [-0.2, -0.15) is 0 Å². The van der Waals surface area contributed by atoms with Crippen LogP contribution in [-0.2, 0) is 0 Å². The summed E-state index contributed by atoms with van der Waals surface area (Å²) >= 11 is 9.14. The fourth-order valence-corrected chi connectivity index (χ4v) is 1.60. The number of nitrogens with zero attached hydrogens (tertiary/aromatic N) is 1. The number of hydrogen-bond donors (Lipinski definition) is 0. The van der Waals surface area contributed by atoms with Crippen molar-refractivity contribution in [3.63, 3.8) is 0 Å². The van der Waals surface area contributed by atoms with E-state index in [0.29, 0.717) is 17.1 Å². The first-order valence-electron chi connectivity index (χ1n) is 4.26. The Labute approximate surface area is 97.0 Å². The molecule has 0 saturated heterocycles. The van der Waals surface area contributed by atoms with Gasteiger partial charge in [0, 0.05) is 23.1 Å². The molecule has 1 aromatic rings. The van der Waals surface area contributed by atoms with Crippen molar-refractivity contribution in [1.29, 1.82) is 0 Å². The predicted octanol–water partition coefficient (Wildman–Crippen LogP) is 3.19. The number of halogens is 2. The number of amides is 1. The molecule has 1 aromatic carbocycles. The molecule has 0 bridgehead atoms. The van der Waals surface area contributed by atoms with Gasteiger partial charge in [0.2, 0.25) is 0 Å². The van der Waals surface area contributed by atoms with Gasteiger partial charge in [0.25, 0.3) is 5.91 Å². The van der Waals surface area contributed by atoms with Crippen LogP contribution in [0.15, 0.2) is 22.7 Å². The summed E-state index contributed by atoms with van der Waals surface area (Å²) in [7, 11) is 1.76. The second-order valence-electron chi connectivity index (χ2n) is 2.94. The van der Waals surface area contributed by atoms with Gasteiger partial charge < -0.3 is 4.90 Å². The molecule has 0 aromatic heterocycles. The lowest BCUT2D eigenvalue weighted by atomic mass is 10.2. The highest BCUT2D eigenvalue weighted by Gasteiger charge is 2.13. The molecule has 76 valence electrons. The van der Waals surface area contributed by atoms with Crippen molar-refractivity contribution < 1.29 is 4.79 Å². The van der Waals surface area contributed by atoms with E-state index in [4.69, 9.17) is 11.6 Å². The second kappa shape index (κ2) is 4.80. The van der Waals surface area contributed by atoms with Crippen LogP contribution in [0.5, 0.6) is 0 Å². The van der Waals surface area contributed by atoms with Gasteiger partial charge in [-0.25, -0.2) is 0 Å². The molecule has 0 fully saturated rings. The van der Waals surface area contributed by atoms with Crippen LogP contribution < -0.4 is 0 Å². The Morgan fingerprint density at radius 3 is 2.79 bits per heavy atom. The minimum Gasteiger partial charge on any atom is -0.342 e. The van der Waals surface area contributed by atoms with Gasteiger partial charge in [-0.05, 0) is 41.1 Å². The summed E-state index contributed by atoms with van der Waals surface area (Å²) in [5, 5.41) is 0.570. The number of benzene rings is 1. The molecule has 0 atom stereocenters. The van der Waals surface area contributed by atoms with Crippen LogP contribution in [0.25, 0.3) is 0 Å². The molecular formula is C10H11BrClNO. The second-order valence-corrected chi connectivity index (χ2v) is 4.23. The summed E-state index contributed by atoms with van der Waals surface area (Å²) in [6.07, 6.45) is 0. The highest BCUT2D eigenvalue weighted by atomic mass is 79.9. The lowest BCUT2D eigenvalue weighted by Gasteiger charge is -2.15. The third-order valence-corrected chi connectivity index (χ3v) is 2.91. The summed E-state index contributed by atoms with van der Waals surface area (Å²) in [5.41, 5.74) is 0.599. The van der Waals surface area contributed by atoms with E-state index in [0.717, 1.165) is 4.47 Å². The molecule has 0 aliphatic rings. The largest absolute Gasteiger partial charge is 0.342 e. The Morgan fingerprint density at radius 1 is 1.57 bits per heavy atom. The molecule has 0 N–H and O–H groups in total. The highest BCUT2D eigenvalue weighted by Crippen LogP contribution is 2.22. The van der Waals surface area contributed by atoms with Gasteiger partial charge in [-0.3, -0.25) is 4.79 Å². The van der Waals surface area contributed by atoms with Gasteiger partial charge in [0.15, 0.2) is 0 Å². The van der Waals surface area contributed by atoms with E-state index in [9.17, 15) is 4.79 Å². The smallest absolute Gasteiger partial charge is 0.254 e. The standard InChI is InChI=1S/C10H11BrClNO/c1-3-13(2)10(14)8-6-7(12)4-5-9(8)11/h4-6H,3H2,1-2H3. The van der Waals surface area contributed by atoms with Crippen LogP contribution in [0.2, 0.25) is 5.02 Å². The summed E-state index contributed by atoms with van der Waals surface area (Å²) in [4.78, 5) is 13.4. The van der Waals surface area contributed by atoms with E-state index in [1.165, 1.54) is 0 Å². The zero-order valence-electron chi connectivity index (χ0n) is 8.05. The van der Waals surface area contributed by atoms with Crippen molar-refractivity contribution in [2.24, 2.45) is 0 Å². The van der Waals surface area contributed by atoms with Crippen LogP contribution in [0, 0.1) is 0 Å². The normalized spacial score (nSPS) is 10.0. The van der Waals surface area contributed by atoms with E-state index in [1.54, 1.807) is 30.1 Å². The van der Waals surface area contributed by atoms with Gasteiger partial charge in [0.1, 0.15) is 0 Å². The van der Waals surface area contributed by atoms with Crippen LogP contribution in [0.4, 0.5) is 0 Å². The van der Waals surface area contributed by atoms with E-state index in [1.807, 2.05) is 6.92 Å². The molecule has 0 unspecified atom stereocenters. The molecule has 4 heteroatoms. The van der Waals surface area contributed by atoms with Crippen molar-refractivity contribution in [1.82, 2.24) is 4.90 Å². The predicted molar refractivity (Wildman–Crippen MR) is 61.8 cm³/mol.